The van der Waals surface area contributed by atoms with E-state index in [0.29, 0.717) is 5.41 Å². The molecule has 20 heavy (non-hydrogen) atoms. The third-order valence-electron chi connectivity index (χ3n) is 4.97. The highest BCUT2D eigenvalue weighted by molar-refractivity contribution is 4.69. The molecule has 0 radical (unpaired) electrons. The van der Waals surface area contributed by atoms with Crippen molar-refractivity contribution in [2.24, 2.45) is 11.3 Å². The molecule has 0 aliphatic heterocycles. The predicted molar refractivity (Wildman–Crippen MR) is 94.3 cm³/mol. The lowest BCUT2D eigenvalue weighted by atomic mass is 9.79. The fraction of sp³-hybridized carbons (Fsp3) is 1.00. The minimum absolute atomic E-state index is 0.498. The first kappa shape index (κ1) is 20.0. The lowest BCUT2D eigenvalue weighted by Gasteiger charge is -2.27. The molecule has 0 heterocycles. The Balaban J connectivity index is 3.14. The highest BCUT2D eigenvalue weighted by Gasteiger charge is 2.18. The third kappa shape index (κ3) is 13.0. The fourth-order valence-corrected chi connectivity index (χ4v) is 2.72. The Morgan fingerprint density at radius 2 is 0.950 bits per heavy atom. The summed E-state index contributed by atoms with van der Waals surface area (Å²) in [5.41, 5.74) is 0.498. The van der Waals surface area contributed by atoms with Crippen molar-refractivity contribution < 1.29 is 0 Å². The van der Waals surface area contributed by atoms with E-state index in [4.69, 9.17) is 0 Å². The normalized spacial score (nSPS) is 13.7. The molecule has 0 bridgehead atoms. The Kier molecular flexibility index (Phi) is 12.7. The minimum Gasteiger partial charge on any atom is -0.0654 e. The van der Waals surface area contributed by atoms with Crippen LogP contribution in [0.25, 0.3) is 0 Å². The maximum absolute atomic E-state index is 2.42. The molecule has 0 fully saturated rings. The first-order chi connectivity index (χ1) is 9.48. The summed E-state index contributed by atoms with van der Waals surface area (Å²) in [4.78, 5) is 0. The molecular formula is C20H42. The smallest absolute Gasteiger partial charge is 0.0357 e. The fourth-order valence-electron chi connectivity index (χ4n) is 2.72. The van der Waals surface area contributed by atoms with Gasteiger partial charge in [0.05, 0.1) is 0 Å². The van der Waals surface area contributed by atoms with Crippen LogP contribution in [0.5, 0.6) is 0 Å². The maximum atomic E-state index is 2.42. The highest BCUT2D eigenvalue weighted by atomic mass is 14.2. The average Bonchev–Trinajstić information content (AvgIpc) is 2.38. The van der Waals surface area contributed by atoms with E-state index in [1.165, 1.54) is 83.5 Å². The van der Waals surface area contributed by atoms with Crippen LogP contribution in [0.4, 0.5) is 0 Å². The van der Waals surface area contributed by atoms with Gasteiger partial charge in [-0.3, -0.25) is 0 Å². The second-order valence-corrected chi connectivity index (χ2v) is 7.94. The van der Waals surface area contributed by atoms with E-state index >= 15 is 0 Å². The summed E-state index contributed by atoms with van der Waals surface area (Å²) in [6.45, 7) is 11.8. The summed E-state index contributed by atoms with van der Waals surface area (Å²) < 4.78 is 0. The number of hydrogen-bond donors (Lipinski definition) is 0. The lowest BCUT2D eigenvalue weighted by molar-refractivity contribution is 0.240. The summed E-state index contributed by atoms with van der Waals surface area (Å²) in [6, 6.07) is 0. The average molecular weight is 283 g/mol. The molecule has 0 amide bonds. The van der Waals surface area contributed by atoms with Crippen molar-refractivity contribution in [3.05, 3.63) is 0 Å². The van der Waals surface area contributed by atoms with Crippen molar-refractivity contribution in [2.45, 2.75) is 118 Å². The molecule has 0 saturated carbocycles. The Labute approximate surface area is 130 Å². The van der Waals surface area contributed by atoms with Gasteiger partial charge in [0, 0.05) is 0 Å². The standard InChI is InChI=1S/C20H42/c1-6-7-8-9-10-11-12-13-14-15-16-17-18-19(2)20(3,4)5/h19H,6-18H2,1-5H3. The van der Waals surface area contributed by atoms with E-state index in [1.807, 2.05) is 0 Å². The zero-order chi connectivity index (χ0) is 15.3. The van der Waals surface area contributed by atoms with E-state index in [0.717, 1.165) is 5.92 Å². The van der Waals surface area contributed by atoms with Crippen LogP contribution < -0.4 is 0 Å². The molecule has 0 aromatic heterocycles. The predicted octanol–water partition coefficient (Wildman–Crippen LogP) is 7.76. The Bertz CT molecular complexity index is 187. The molecule has 0 N–H and O–H groups in total. The molecule has 0 spiro atoms. The third-order valence-corrected chi connectivity index (χ3v) is 4.97. The van der Waals surface area contributed by atoms with Gasteiger partial charge in [0.25, 0.3) is 0 Å². The van der Waals surface area contributed by atoms with Crippen LogP contribution in [-0.4, -0.2) is 0 Å². The Morgan fingerprint density at radius 1 is 0.600 bits per heavy atom. The van der Waals surface area contributed by atoms with Gasteiger partial charge in [-0.25, -0.2) is 0 Å². The van der Waals surface area contributed by atoms with Crippen LogP contribution in [0.1, 0.15) is 118 Å². The molecule has 0 aliphatic carbocycles. The van der Waals surface area contributed by atoms with Crippen molar-refractivity contribution in [1.82, 2.24) is 0 Å². The van der Waals surface area contributed by atoms with Crippen LogP contribution in [0.3, 0.4) is 0 Å². The summed E-state index contributed by atoms with van der Waals surface area (Å²) >= 11 is 0. The monoisotopic (exact) mass is 282 g/mol. The zero-order valence-corrected chi connectivity index (χ0v) is 15.3. The van der Waals surface area contributed by atoms with Gasteiger partial charge in [-0.15, -0.1) is 0 Å². The van der Waals surface area contributed by atoms with Gasteiger partial charge in [-0.1, -0.05) is 118 Å². The molecule has 122 valence electrons. The quantitative estimate of drug-likeness (QED) is 0.303. The van der Waals surface area contributed by atoms with Crippen LogP contribution in [0, 0.1) is 11.3 Å². The van der Waals surface area contributed by atoms with Gasteiger partial charge >= 0.3 is 0 Å². The molecule has 0 aliphatic rings. The lowest BCUT2D eigenvalue weighted by Crippen LogP contribution is -2.16. The number of unbranched alkanes of at least 4 members (excludes halogenated alkanes) is 11. The van der Waals surface area contributed by atoms with Crippen LogP contribution in [0.2, 0.25) is 0 Å². The first-order valence-corrected chi connectivity index (χ1v) is 9.48. The minimum atomic E-state index is 0.498. The number of rotatable bonds is 13. The van der Waals surface area contributed by atoms with E-state index < -0.39 is 0 Å². The van der Waals surface area contributed by atoms with Crippen LogP contribution in [-0.2, 0) is 0 Å². The van der Waals surface area contributed by atoms with Crippen molar-refractivity contribution in [3.8, 4) is 0 Å². The first-order valence-electron chi connectivity index (χ1n) is 9.48. The van der Waals surface area contributed by atoms with Crippen LogP contribution >= 0.6 is 0 Å². The molecule has 1 atom stereocenters. The molecule has 0 aromatic rings. The summed E-state index contributed by atoms with van der Waals surface area (Å²) in [5.74, 6) is 0.866. The summed E-state index contributed by atoms with van der Waals surface area (Å²) in [6.07, 6.45) is 18.9. The molecule has 0 nitrogen and oxygen atoms in total. The highest BCUT2D eigenvalue weighted by Crippen LogP contribution is 2.29. The molecule has 1 unspecified atom stereocenters. The van der Waals surface area contributed by atoms with Gasteiger partial charge in [-0.05, 0) is 11.3 Å². The van der Waals surface area contributed by atoms with E-state index in [-0.39, 0.29) is 0 Å². The molecule has 0 saturated heterocycles. The van der Waals surface area contributed by atoms with Crippen molar-refractivity contribution in [2.75, 3.05) is 0 Å². The molecule has 0 heteroatoms. The SMILES string of the molecule is CCCCCCCCCCCCCCC(C)C(C)(C)C. The van der Waals surface area contributed by atoms with E-state index in [1.54, 1.807) is 0 Å². The molecular weight excluding hydrogens is 240 g/mol. The van der Waals surface area contributed by atoms with Crippen molar-refractivity contribution in [3.63, 3.8) is 0 Å². The van der Waals surface area contributed by atoms with Crippen molar-refractivity contribution >= 4 is 0 Å². The second-order valence-electron chi connectivity index (χ2n) is 7.94. The van der Waals surface area contributed by atoms with Gasteiger partial charge in [0.15, 0.2) is 0 Å². The second kappa shape index (κ2) is 12.7. The van der Waals surface area contributed by atoms with Gasteiger partial charge in [-0.2, -0.15) is 0 Å². The van der Waals surface area contributed by atoms with Crippen LogP contribution in [0.15, 0.2) is 0 Å². The zero-order valence-electron chi connectivity index (χ0n) is 15.3. The van der Waals surface area contributed by atoms with E-state index in [2.05, 4.69) is 34.6 Å². The Hall–Kier alpha value is 0. The Morgan fingerprint density at radius 3 is 1.30 bits per heavy atom. The van der Waals surface area contributed by atoms with Gasteiger partial charge in [0.2, 0.25) is 0 Å². The summed E-state index contributed by atoms with van der Waals surface area (Å²) in [5, 5.41) is 0. The topological polar surface area (TPSA) is 0 Å². The number of hydrogen-bond acceptors (Lipinski definition) is 0. The van der Waals surface area contributed by atoms with Gasteiger partial charge in [0.1, 0.15) is 0 Å². The van der Waals surface area contributed by atoms with Crippen molar-refractivity contribution in [1.29, 1.82) is 0 Å². The summed E-state index contributed by atoms with van der Waals surface area (Å²) in [7, 11) is 0. The van der Waals surface area contributed by atoms with Gasteiger partial charge < -0.3 is 0 Å². The van der Waals surface area contributed by atoms with E-state index in [9.17, 15) is 0 Å². The molecule has 0 aromatic carbocycles. The molecule has 0 rings (SSSR count). The largest absolute Gasteiger partial charge is 0.0654 e. The maximum Gasteiger partial charge on any atom is -0.0357 e.